The van der Waals surface area contributed by atoms with E-state index in [1.807, 2.05) is 13.0 Å². The molecule has 1 amide bonds. The Morgan fingerprint density at radius 3 is 3.00 bits per heavy atom. The van der Waals surface area contributed by atoms with Gasteiger partial charge in [-0.1, -0.05) is 11.2 Å². The monoisotopic (exact) mass is 338 g/mol. The standard InChI is InChI=1S/C18H15FN4O2/c1-11-4-5-14(19)8-15(11)23-10-13(7-16(23)24)18-21-17(22-25-18)12-3-2-6-20-9-12/h2-6,8-9,13H,7,10H2,1H3. The molecule has 0 bridgehead atoms. The molecule has 3 heterocycles. The molecule has 0 saturated carbocycles. The fourth-order valence-electron chi connectivity index (χ4n) is 2.99. The summed E-state index contributed by atoms with van der Waals surface area (Å²) in [5, 5.41) is 3.97. The first kappa shape index (κ1) is 15.4. The zero-order valence-corrected chi connectivity index (χ0v) is 13.5. The van der Waals surface area contributed by atoms with E-state index in [9.17, 15) is 9.18 Å². The van der Waals surface area contributed by atoms with Crippen molar-refractivity contribution in [1.82, 2.24) is 15.1 Å². The van der Waals surface area contributed by atoms with E-state index in [2.05, 4.69) is 15.1 Å². The van der Waals surface area contributed by atoms with Crippen LogP contribution in [0, 0.1) is 12.7 Å². The van der Waals surface area contributed by atoms with Crippen molar-refractivity contribution in [2.75, 3.05) is 11.4 Å². The SMILES string of the molecule is Cc1ccc(F)cc1N1CC(c2nc(-c3cccnc3)no2)CC1=O. The van der Waals surface area contributed by atoms with Crippen molar-refractivity contribution < 1.29 is 13.7 Å². The molecule has 1 aliphatic rings. The van der Waals surface area contributed by atoms with E-state index in [1.54, 1.807) is 29.4 Å². The molecule has 3 aromatic rings. The first-order valence-electron chi connectivity index (χ1n) is 7.92. The van der Waals surface area contributed by atoms with Crippen LogP contribution >= 0.6 is 0 Å². The Labute approximate surface area is 143 Å². The normalized spacial score (nSPS) is 17.3. The molecule has 25 heavy (non-hydrogen) atoms. The maximum Gasteiger partial charge on any atom is 0.232 e. The molecule has 1 unspecified atom stereocenters. The van der Waals surface area contributed by atoms with Crippen LogP contribution in [0.25, 0.3) is 11.4 Å². The summed E-state index contributed by atoms with van der Waals surface area (Å²) in [5.41, 5.74) is 2.18. The van der Waals surface area contributed by atoms with Gasteiger partial charge in [0.1, 0.15) is 5.82 Å². The van der Waals surface area contributed by atoms with Gasteiger partial charge in [0.05, 0.1) is 5.92 Å². The molecule has 0 radical (unpaired) electrons. The maximum atomic E-state index is 13.6. The summed E-state index contributed by atoms with van der Waals surface area (Å²) in [6.07, 6.45) is 3.57. The van der Waals surface area contributed by atoms with Crippen LogP contribution in [0.5, 0.6) is 0 Å². The lowest BCUT2D eigenvalue weighted by Crippen LogP contribution is -2.25. The first-order chi connectivity index (χ1) is 12.1. The number of aromatic nitrogens is 3. The topological polar surface area (TPSA) is 72.1 Å². The minimum absolute atomic E-state index is 0.0835. The van der Waals surface area contributed by atoms with E-state index in [0.29, 0.717) is 23.9 Å². The predicted octanol–water partition coefficient (Wildman–Crippen LogP) is 3.10. The molecule has 6 nitrogen and oxygen atoms in total. The van der Waals surface area contributed by atoms with Gasteiger partial charge in [0.15, 0.2) is 0 Å². The molecule has 0 N–H and O–H groups in total. The molecular formula is C18H15FN4O2. The number of benzene rings is 1. The fourth-order valence-corrected chi connectivity index (χ4v) is 2.99. The number of halogens is 1. The second kappa shape index (κ2) is 6.08. The predicted molar refractivity (Wildman–Crippen MR) is 88.4 cm³/mol. The van der Waals surface area contributed by atoms with Crippen LogP contribution in [-0.4, -0.2) is 27.6 Å². The summed E-state index contributed by atoms with van der Waals surface area (Å²) in [5.74, 6) is 0.182. The minimum Gasteiger partial charge on any atom is -0.339 e. The number of rotatable bonds is 3. The number of pyridine rings is 1. The largest absolute Gasteiger partial charge is 0.339 e. The molecule has 1 aliphatic heterocycles. The third kappa shape index (κ3) is 2.88. The molecular weight excluding hydrogens is 323 g/mol. The van der Waals surface area contributed by atoms with Gasteiger partial charge in [-0.05, 0) is 36.8 Å². The van der Waals surface area contributed by atoms with Crippen molar-refractivity contribution in [3.05, 3.63) is 60.0 Å². The Bertz CT molecular complexity index is 926. The van der Waals surface area contributed by atoms with Crippen molar-refractivity contribution in [1.29, 1.82) is 0 Å². The molecule has 0 aliphatic carbocycles. The second-order valence-electron chi connectivity index (χ2n) is 6.03. The number of anilines is 1. The highest BCUT2D eigenvalue weighted by atomic mass is 19.1. The Morgan fingerprint density at radius 1 is 1.32 bits per heavy atom. The summed E-state index contributed by atoms with van der Waals surface area (Å²) >= 11 is 0. The summed E-state index contributed by atoms with van der Waals surface area (Å²) in [6.45, 7) is 2.24. The summed E-state index contributed by atoms with van der Waals surface area (Å²) in [7, 11) is 0. The lowest BCUT2D eigenvalue weighted by Gasteiger charge is -2.18. The van der Waals surface area contributed by atoms with Crippen molar-refractivity contribution in [2.24, 2.45) is 0 Å². The van der Waals surface area contributed by atoms with E-state index >= 15 is 0 Å². The van der Waals surface area contributed by atoms with Gasteiger partial charge in [-0.25, -0.2) is 4.39 Å². The van der Waals surface area contributed by atoms with Crippen molar-refractivity contribution in [2.45, 2.75) is 19.3 Å². The van der Waals surface area contributed by atoms with Crippen molar-refractivity contribution in [3.63, 3.8) is 0 Å². The van der Waals surface area contributed by atoms with Crippen LogP contribution in [0.15, 0.2) is 47.2 Å². The number of carbonyl (C=O) groups excluding carboxylic acids is 1. The van der Waals surface area contributed by atoms with Gasteiger partial charge >= 0.3 is 0 Å². The van der Waals surface area contributed by atoms with Crippen LogP contribution in [0.2, 0.25) is 0 Å². The first-order valence-corrected chi connectivity index (χ1v) is 7.92. The van der Waals surface area contributed by atoms with Gasteiger partial charge in [-0.15, -0.1) is 0 Å². The van der Waals surface area contributed by atoms with Gasteiger partial charge in [-0.3, -0.25) is 9.78 Å². The number of hydrogen-bond acceptors (Lipinski definition) is 5. The second-order valence-corrected chi connectivity index (χ2v) is 6.03. The molecule has 1 fully saturated rings. The molecule has 126 valence electrons. The Kier molecular flexibility index (Phi) is 3.76. The lowest BCUT2D eigenvalue weighted by molar-refractivity contribution is -0.117. The molecule has 7 heteroatoms. The van der Waals surface area contributed by atoms with Crippen LogP contribution in [0.3, 0.4) is 0 Å². The average molecular weight is 338 g/mol. The molecule has 2 aromatic heterocycles. The smallest absolute Gasteiger partial charge is 0.232 e. The zero-order chi connectivity index (χ0) is 17.4. The zero-order valence-electron chi connectivity index (χ0n) is 13.5. The van der Waals surface area contributed by atoms with E-state index in [1.165, 1.54) is 12.1 Å². The van der Waals surface area contributed by atoms with E-state index in [0.717, 1.165) is 11.1 Å². The fraction of sp³-hybridized carbons (Fsp3) is 0.222. The molecule has 0 spiro atoms. The summed E-state index contributed by atoms with van der Waals surface area (Å²) < 4.78 is 18.9. The third-order valence-electron chi connectivity index (χ3n) is 4.30. The molecule has 1 aromatic carbocycles. The highest BCUT2D eigenvalue weighted by Gasteiger charge is 2.35. The van der Waals surface area contributed by atoms with Gasteiger partial charge in [0.2, 0.25) is 17.6 Å². The van der Waals surface area contributed by atoms with Crippen LogP contribution in [0.4, 0.5) is 10.1 Å². The van der Waals surface area contributed by atoms with E-state index in [4.69, 9.17) is 4.52 Å². The third-order valence-corrected chi connectivity index (χ3v) is 4.30. The Hall–Kier alpha value is -3.09. The van der Waals surface area contributed by atoms with Crippen molar-refractivity contribution >= 4 is 11.6 Å². The van der Waals surface area contributed by atoms with Gasteiger partial charge in [-0.2, -0.15) is 4.98 Å². The van der Waals surface area contributed by atoms with Gasteiger partial charge < -0.3 is 9.42 Å². The summed E-state index contributed by atoms with van der Waals surface area (Å²) in [6, 6.07) is 8.06. The summed E-state index contributed by atoms with van der Waals surface area (Å²) in [4.78, 5) is 22.4. The number of aryl methyl sites for hydroxylation is 1. The van der Waals surface area contributed by atoms with E-state index < -0.39 is 0 Å². The number of hydrogen-bond donors (Lipinski definition) is 0. The number of carbonyl (C=O) groups is 1. The minimum atomic E-state index is -0.367. The lowest BCUT2D eigenvalue weighted by atomic mass is 10.1. The average Bonchev–Trinajstić information content (AvgIpc) is 3.25. The quantitative estimate of drug-likeness (QED) is 0.734. The van der Waals surface area contributed by atoms with Crippen LogP contribution in [-0.2, 0) is 4.79 Å². The molecule has 4 rings (SSSR count). The number of amides is 1. The van der Waals surface area contributed by atoms with Crippen LogP contribution < -0.4 is 4.90 Å². The Balaban J connectivity index is 1.59. The van der Waals surface area contributed by atoms with Crippen molar-refractivity contribution in [3.8, 4) is 11.4 Å². The Morgan fingerprint density at radius 2 is 2.20 bits per heavy atom. The number of nitrogens with zero attached hydrogens (tertiary/aromatic N) is 4. The van der Waals surface area contributed by atoms with Gasteiger partial charge in [0.25, 0.3) is 0 Å². The van der Waals surface area contributed by atoms with Crippen LogP contribution in [0.1, 0.15) is 23.8 Å². The van der Waals surface area contributed by atoms with E-state index in [-0.39, 0.29) is 24.1 Å². The highest BCUT2D eigenvalue weighted by Crippen LogP contribution is 2.33. The maximum absolute atomic E-state index is 13.6. The molecule has 1 saturated heterocycles. The highest BCUT2D eigenvalue weighted by molar-refractivity contribution is 5.97. The molecule has 1 atom stereocenters. The van der Waals surface area contributed by atoms with Gasteiger partial charge in [0, 0.05) is 36.6 Å².